The smallest absolute Gasteiger partial charge is 0.290 e. The second-order valence-electron chi connectivity index (χ2n) is 9.80. The van der Waals surface area contributed by atoms with Gasteiger partial charge in [-0.15, -0.1) is 0 Å². The molecule has 0 unspecified atom stereocenters. The van der Waals surface area contributed by atoms with Crippen LogP contribution in [0.1, 0.15) is 31.2 Å². The summed E-state index contributed by atoms with van der Waals surface area (Å²) in [6, 6.07) is 13.2. The maximum Gasteiger partial charge on any atom is 0.290 e. The Balaban J connectivity index is 1.15. The standard InChI is InChI=1S/C29H31N7O4S/c1-18(37)32-21-5-3-4-20(14-21)23-6-7-25(40-2)24(34-23)17-30-16-19-9-12-36(13-10-19)28-31-11-8-22(33-28)15-26-27(38)35-29(39)41-26/h3-8,11,14-15,19,30H,9-10,12-13,16-17H2,1-2H3,(H,32,37)(H,35,38,39)/b26-15-. The van der Waals surface area contributed by atoms with Crippen molar-refractivity contribution in [3.05, 3.63) is 65.0 Å². The first-order valence-corrected chi connectivity index (χ1v) is 14.1. The summed E-state index contributed by atoms with van der Waals surface area (Å²) in [5.41, 5.74) is 3.86. The Morgan fingerprint density at radius 2 is 2.00 bits per heavy atom. The van der Waals surface area contributed by atoms with E-state index in [0.717, 1.165) is 72.6 Å². The number of carbonyl (C=O) groups excluding carboxylic acids is 3. The molecule has 3 aromatic rings. The first kappa shape index (κ1) is 28.2. The fourth-order valence-electron chi connectivity index (χ4n) is 4.80. The van der Waals surface area contributed by atoms with E-state index in [1.54, 1.807) is 25.4 Å². The largest absolute Gasteiger partial charge is 0.495 e. The second-order valence-corrected chi connectivity index (χ2v) is 10.8. The Hall–Kier alpha value is -4.29. The number of hydrogen-bond acceptors (Lipinski definition) is 10. The SMILES string of the molecule is COc1ccc(-c2cccc(NC(C)=O)c2)nc1CNCC1CCN(c2nccc(/C=C3\SC(=O)NC3=O)n2)CC1. The monoisotopic (exact) mass is 573 g/mol. The molecule has 41 heavy (non-hydrogen) atoms. The van der Waals surface area contributed by atoms with Crippen molar-refractivity contribution in [3.63, 3.8) is 0 Å². The van der Waals surface area contributed by atoms with Crippen molar-refractivity contribution < 1.29 is 19.1 Å². The summed E-state index contributed by atoms with van der Waals surface area (Å²) in [6.45, 7) is 4.54. The number of carbonyl (C=O) groups is 3. The van der Waals surface area contributed by atoms with Crippen LogP contribution in [0.25, 0.3) is 17.3 Å². The Kier molecular flexibility index (Phi) is 8.90. The van der Waals surface area contributed by atoms with E-state index < -0.39 is 5.91 Å². The van der Waals surface area contributed by atoms with Gasteiger partial charge in [0.1, 0.15) is 5.75 Å². The topological polar surface area (TPSA) is 138 Å². The number of methoxy groups -OCH3 is 1. The van der Waals surface area contributed by atoms with E-state index in [4.69, 9.17) is 9.72 Å². The lowest BCUT2D eigenvalue weighted by molar-refractivity contribution is -0.115. The summed E-state index contributed by atoms with van der Waals surface area (Å²) >= 11 is 0.875. The van der Waals surface area contributed by atoms with Crippen molar-refractivity contribution in [2.75, 3.05) is 37.0 Å². The average Bonchev–Trinajstić information content (AvgIpc) is 3.29. The van der Waals surface area contributed by atoms with Gasteiger partial charge in [0, 0.05) is 44.0 Å². The second kappa shape index (κ2) is 12.9. The van der Waals surface area contributed by atoms with Gasteiger partial charge < -0.3 is 20.3 Å². The number of pyridine rings is 1. The minimum atomic E-state index is -0.399. The molecule has 3 N–H and O–H groups in total. The van der Waals surface area contributed by atoms with Crippen LogP contribution in [-0.2, 0) is 16.1 Å². The van der Waals surface area contributed by atoms with E-state index in [9.17, 15) is 14.4 Å². The van der Waals surface area contributed by atoms with Crippen molar-refractivity contribution >= 4 is 46.5 Å². The number of imide groups is 1. The molecule has 2 fully saturated rings. The summed E-state index contributed by atoms with van der Waals surface area (Å²) in [7, 11) is 1.64. The van der Waals surface area contributed by atoms with Crippen LogP contribution >= 0.6 is 11.8 Å². The molecule has 2 aliphatic rings. The number of nitrogens with zero attached hydrogens (tertiary/aromatic N) is 4. The Morgan fingerprint density at radius 1 is 1.17 bits per heavy atom. The fraction of sp³-hybridized carbons (Fsp3) is 0.310. The predicted molar refractivity (Wildman–Crippen MR) is 158 cm³/mol. The zero-order valence-corrected chi connectivity index (χ0v) is 23.7. The van der Waals surface area contributed by atoms with Crippen LogP contribution in [0.5, 0.6) is 5.75 Å². The molecule has 11 nitrogen and oxygen atoms in total. The van der Waals surface area contributed by atoms with E-state index in [2.05, 4.69) is 30.8 Å². The van der Waals surface area contributed by atoms with Gasteiger partial charge in [0.15, 0.2) is 0 Å². The highest BCUT2D eigenvalue weighted by Crippen LogP contribution is 2.27. The third kappa shape index (κ3) is 7.27. The number of hydrogen-bond donors (Lipinski definition) is 3. The van der Waals surface area contributed by atoms with Gasteiger partial charge in [-0.25, -0.2) is 15.0 Å². The first-order chi connectivity index (χ1) is 19.9. The number of piperidine rings is 1. The van der Waals surface area contributed by atoms with Crippen LogP contribution < -0.4 is 25.6 Å². The highest BCUT2D eigenvalue weighted by atomic mass is 32.2. The van der Waals surface area contributed by atoms with Crippen LogP contribution in [0.2, 0.25) is 0 Å². The molecular formula is C29H31N7O4S. The van der Waals surface area contributed by atoms with Crippen LogP contribution in [0, 0.1) is 5.92 Å². The van der Waals surface area contributed by atoms with Crippen molar-refractivity contribution in [2.45, 2.75) is 26.3 Å². The highest BCUT2D eigenvalue weighted by Gasteiger charge is 2.26. The fourth-order valence-corrected chi connectivity index (χ4v) is 5.47. The number of rotatable bonds is 9. The normalized spacial score (nSPS) is 16.6. The predicted octanol–water partition coefficient (Wildman–Crippen LogP) is 3.84. The molecule has 0 atom stereocenters. The minimum absolute atomic E-state index is 0.119. The average molecular weight is 574 g/mol. The lowest BCUT2D eigenvalue weighted by Crippen LogP contribution is -2.38. The number of ether oxygens (including phenoxy) is 1. The van der Waals surface area contributed by atoms with E-state index in [-0.39, 0.29) is 11.1 Å². The number of aromatic nitrogens is 3. The van der Waals surface area contributed by atoms with Gasteiger partial charge in [0.2, 0.25) is 11.9 Å². The molecule has 0 saturated carbocycles. The molecule has 0 aliphatic carbocycles. The molecule has 4 heterocycles. The number of amides is 3. The van der Waals surface area contributed by atoms with E-state index in [0.29, 0.717) is 29.0 Å². The number of benzene rings is 1. The maximum absolute atomic E-state index is 11.8. The van der Waals surface area contributed by atoms with E-state index in [1.807, 2.05) is 36.4 Å². The molecule has 2 saturated heterocycles. The van der Waals surface area contributed by atoms with Gasteiger partial charge in [-0.05, 0) is 73.5 Å². The molecule has 3 amide bonds. The van der Waals surface area contributed by atoms with Crippen LogP contribution in [0.4, 0.5) is 16.4 Å². The maximum atomic E-state index is 11.8. The molecule has 1 aromatic carbocycles. The van der Waals surface area contributed by atoms with E-state index in [1.165, 1.54) is 6.92 Å². The number of nitrogens with one attached hydrogen (secondary N) is 3. The molecule has 2 aliphatic heterocycles. The van der Waals surface area contributed by atoms with Crippen LogP contribution in [0.15, 0.2) is 53.6 Å². The number of thioether (sulfide) groups is 1. The quantitative estimate of drug-likeness (QED) is 0.324. The molecule has 0 bridgehead atoms. The van der Waals surface area contributed by atoms with Gasteiger partial charge >= 0.3 is 0 Å². The van der Waals surface area contributed by atoms with Crippen molar-refractivity contribution in [2.24, 2.45) is 5.92 Å². The molecule has 2 aromatic heterocycles. The van der Waals surface area contributed by atoms with Gasteiger partial charge in [0.25, 0.3) is 11.1 Å². The van der Waals surface area contributed by atoms with Crippen molar-refractivity contribution in [1.29, 1.82) is 0 Å². The van der Waals surface area contributed by atoms with Crippen molar-refractivity contribution in [3.8, 4) is 17.0 Å². The summed E-state index contributed by atoms with van der Waals surface area (Å²) in [4.78, 5) is 51.1. The molecular weight excluding hydrogens is 542 g/mol. The Labute approximate surface area is 242 Å². The molecule has 212 valence electrons. The minimum Gasteiger partial charge on any atom is -0.495 e. The molecule has 12 heteroatoms. The van der Waals surface area contributed by atoms with Gasteiger partial charge in [-0.2, -0.15) is 0 Å². The highest BCUT2D eigenvalue weighted by molar-refractivity contribution is 8.18. The molecule has 0 radical (unpaired) electrons. The molecule has 0 spiro atoms. The lowest BCUT2D eigenvalue weighted by atomic mass is 9.97. The zero-order chi connectivity index (χ0) is 28.8. The summed E-state index contributed by atoms with van der Waals surface area (Å²) < 4.78 is 5.56. The Bertz CT molecular complexity index is 1490. The van der Waals surface area contributed by atoms with Gasteiger partial charge in [-0.3, -0.25) is 19.7 Å². The third-order valence-corrected chi connectivity index (χ3v) is 7.65. The van der Waals surface area contributed by atoms with Crippen LogP contribution in [-0.4, -0.2) is 58.7 Å². The van der Waals surface area contributed by atoms with E-state index >= 15 is 0 Å². The summed E-state index contributed by atoms with van der Waals surface area (Å²) in [6.07, 6.45) is 5.25. The first-order valence-electron chi connectivity index (χ1n) is 13.3. The molecule has 5 rings (SSSR count). The van der Waals surface area contributed by atoms with Gasteiger partial charge in [0.05, 0.1) is 29.1 Å². The third-order valence-electron chi connectivity index (χ3n) is 6.84. The van der Waals surface area contributed by atoms with Crippen molar-refractivity contribution in [1.82, 2.24) is 25.6 Å². The Morgan fingerprint density at radius 3 is 2.73 bits per heavy atom. The van der Waals surface area contributed by atoms with Crippen LogP contribution in [0.3, 0.4) is 0 Å². The summed E-state index contributed by atoms with van der Waals surface area (Å²) in [5.74, 6) is 1.31. The zero-order valence-electron chi connectivity index (χ0n) is 22.8. The number of anilines is 2. The van der Waals surface area contributed by atoms with Gasteiger partial charge in [-0.1, -0.05) is 12.1 Å². The summed E-state index contributed by atoms with van der Waals surface area (Å²) in [5, 5.41) is 8.24. The lowest BCUT2D eigenvalue weighted by Gasteiger charge is -2.32.